The standard InChI is InChI=1S/C16H28N4/c1-5-12-13(10-17)16(19-18-14(12)6-2)20-9-7-8-15(20)11(3)4/h11,15H,5-10,17H2,1-4H3. The second-order valence-electron chi connectivity index (χ2n) is 5.99. The predicted molar refractivity (Wildman–Crippen MR) is 83.9 cm³/mol. The molecule has 2 rings (SSSR count). The molecule has 20 heavy (non-hydrogen) atoms. The monoisotopic (exact) mass is 276 g/mol. The van der Waals surface area contributed by atoms with Crippen LogP contribution in [0.5, 0.6) is 0 Å². The molecule has 1 aromatic heterocycles. The summed E-state index contributed by atoms with van der Waals surface area (Å²) in [6.07, 6.45) is 4.40. The number of rotatable bonds is 5. The van der Waals surface area contributed by atoms with Gasteiger partial charge in [-0.2, -0.15) is 5.10 Å². The molecule has 1 aliphatic heterocycles. The number of aryl methyl sites for hydroxylation is 1. The van der Waals surface area contributed by atoms with Crippen LogP contribution in [0.1, 0.15) is 57.4 Å². The molecule has 4 nitrogen and oxygen atoms in total. The van der Waals surface area contributed by atoms with E-state index in [1.807, 2.05) is 0 Å². The van der Waals surface area contributed by atoms with Crippen molar-refractivity contribution in [1.29, 1.82) is 0 Å². The number of hydrogen-bond donors (Lipinski definition) is 1. The van der Waals surface area contributed by atoms with Crippen molar-refractivity contribution in [3.8, 4) is 0 Å². The maximum Gasteiger partial charge on any atom is 0.156 e. The molecular formula is C16H28N4. The molecule has 1 fully saturated rings. The second kappa shape index (κ2) is 6.53. The molecular weight excluding hydrogens is 248 g/mol. The van der Waals surface area contributed by atoms with Gasteiger partial charge in [-0.15, -0.1) is 5.10 Å². The van der Waals surface area contributed by atoms with Crippen LogP contribution in [0.25, 0.3) is 0 Å². The van der Waals surface area contributed by atoms with E-state index in [0.717, 1.165) is 30.9 Å². The van der Waals surface area contributed by atoms with Crippen molar-refractivity contribution in [2.75, 3.05) is 11.4 Å². The molecule has 112 valence electrons. The van der Waals surface area contributed by atoms with Crippen LogP contribution in [0.15, 0.2) is 0 Å². The van der Waals surface area contributed by atoms with Gasteiger partial charge in [0.1, 0.15) is 0 Å². The summed E-state index contributed by atoms with van der Waals surface area (Å²) in [4.78, 5) is 2.44. The summed E-state index contributed by atoms with van der Waals surface area (Å²) in [5.41, 5.74) is 9.68. The van der Waals surface area contributed by atoms with Crippen LogP contribution in [-0.2, 0) is 19.4 Å². The fourth-order valence-corrected chi connectivity index (χ4v) is 3.43. The third-order valence-corrected chi connectivity index (χ3v) is 4.48. The van der Waals surface area contributed by atoms with Crippen LogP contribution in [0, 0.1) is 5.92 Å². The van der Waals surface area contributed by atoms with Crippen molar-refractivity contribution in [2.24, 2.45) is 11.7 Å². The van der Waals surface area contributed by atoms with Crippen LogP contribution < -0.4 is 10.6 Å². The van der Waals surface area contributed by atoms with Gasteiger partial charge in [-0.25, -0.2) is 0 Å². The van der Waals surface area contributed by atoms with E-state index in [1.165, 1.54) is 24.0 Å². The van der Waals surface area contributed by atoms with Gasteiger partial charge in [-0.3, -0.25) is 0 Å². The van der Waals surface area contributed by atoms with Gasteiger partial charge in [0.25, 0.3) is 0 Å². The van der Waals surface area contributed by atoms with Crippen LogP contribution in [-0.4, -0.2) is 22.8 Å². The Morgan fingerprint density at radius 1 is 1.20 bits per heavy atom. The molecule has 0 spiro atoms. The maximum atomic E-state index is 6.05. The largest absolute Gasteiger partial charge is 0.352 e. The van der Waals surface area contributed by atoms with Crippen LogP contribution in [0.4, 0.5) is 5.82 Å². The van der Waals surface area contributed by atoms with Gasteiger partial charge >= 0.3 is 0 Å². The Morgan fingerprint density at radius 3 is 2.50 bits per heavy atom. The molecule has 0 saturated carbocycles. The minimum Gasteiger partial charge on any atom is -0.352 e. The molecule has 0 aromatic carbocycles. The fraction of sp³-hybridized carbons (Fsp3) is 0.750. The van der Waals surface area contributed by atoms with Gasteiger partial charge in [0, 0.05) is 24.7 Å². The zero-order valence-corrected chi connectivity index (χ0v) is 13.3. The molecule has 1 unspecified atom stereocenters. The van der Waals surface area contributed by atoms with Crippen LogP contribution in [0.3, 0.4) is 0 Å². The Kier molecular flexibility index (Phi) is 4.97. The lowest BCUT2D eigenvalue weighted by Crippen LogP contribution is -2.35. The highest BCUT2D eigenvalue weighted by atomic mass is 15.3. The second-order valence-corrected chi connectivity index (χ2v) is 5.99. The molecule has 1 aromatic rings. The summed E-state index contributed by atoms with van der Waals surface area (Å²) in [6.45, 7) is 10.5. The minimum atomic E-state index is 0.558. The van der Waals surface area contributed by atoms with Gasteiger partial charge in [0.15, 0.2) is 5.82 Å². The number of nitrogens with two attached hydrogens (primary N) is 1. The third-order valence-electron chi connectivity index (χ3n) is 4.48. The van der Waals surface area contributed by atoms with Gasteiger partial charge in [0.05, 0.1) is 5.69 Å². The van der Waals surface area contributed by atoms with Crippen LogP contribution in [0.2, 0.25) is 0 Å². The number of aromatic nitrogens is 2. The van der Waals surface area contributed by atoms with E-state index in [4.69, 9.17) is 5.73 Å². The zero-order chi connectivity index (χ0) is 14.7. The molecule has 2 heterocycles. The first kappa shape index (κ1) is 15.2. The molecule has 2 N–H and O–H groups in total. The Hall–Kier alpha value is -1.16. The van der Waals surface area contributed by atoms with Crippen molar-refractivity contribution in [2.45, 2.75) is 66.0 Å². The van der Waals surface area contributed by atoms with Gasteiger partial charge in [0.2, 0.25) is 0 Å². The van der Waals surface area contributed by atoms with Crippen molar-refractivity contribution >= 4 is 5.82 Å². The number of hydrogen-bond acceptors (Lipinski definition) is 4. The molecule has 1 aliphatic rings. The average molecular weight is 276 g/mol. The Balaban J connectivity index is 2.46. The summed E-state index contributed by atoms with van der Waals surface area (Å²) in [6, 6.07) is 0.576. The quantitative estimate of drug-likeness (QED) is 0.898. The fourth-order valence-electron chi connectivity index (χ4n) is 3.43. The molecule has 1 atom stereocenters. The zero-order valence-electron chi connectivity index (χ0n) is 13.3. The van der Waals surface area contributed by atoms with Crippen LogP contribution >= 0.6 is 0 Å². The lowest BCUT2D eigenvalue weighted by atomic mass is 9.99. The first-order valence-corrected chi connectivity index (χ1v) is 7.97. The van der Waals surface area contributed by atoms with Crippen molar-refractivity contribution in [3.63, 3.8) is 0 Å². The summed E-state index contributed by atoms with van der Waals surface area (Å²) in [5, 5.41) is 9.01. The van der Waals surface area contributed by atoms with Gasteiger partial charge < -0.3 is 10.6 Å². The van der Waals surface area contributed by atoms with E-state index in [0.29, 0.717) is 18.5 Å². The van der Waals surface area contributed by atoms with E-state index < -0.39 is 0 Å². The third kappa shape index (κ3) is 2.66. The summed E-state index contributed by atoms with van der Waals surface area (Å²) in [7, 11) is 0. The molecule has 4 heteroatoms. The lowest BCUT2D eigenvalue weighted by Gasteiger charge is -2.30. The number of nitrogens with zero attached hydrogens (tertiary/aromatic N) is 3. The Labute approximate surface area is 122 Å². The first-order chi connectivity index (χ1) is 9.63. The van der Waals surface area contributed by atoms with E-state index >= 15 is 0 Å². The van der Waals surface area contributed by atoms with Gasteiger partial charge in [-0.1, -0.05) is 27.7 Å². The molecule has 0 aliphatic carbocycles. The molecule has 0 bridgehead atoms. The normalized spacial score (nSPS) is 19.1. The summed E-state index contributed by atoms with van der Waals surface area (Å²) >= 11 is 0. The molecule has 0 radical (unpaired) electrons. The summed E-state index contributed by atoms with van der Waals surface area (Å²) < 4.78 is 0. The van der Waals surface area contributed by atoms with Gasteiger partial charge in [-0.05, 0) is 37.2 Å². The Morgan fingerprint density at radius 2 is 1.95 bits per heavy atom. The summed E-state index contributed by atoms with van der Waals surface area (Å²) in [5.74, 6) is 1.68. The molecule has 1 saturated heterocycles. The topological polar surface area (TPSA) is 55.0 Å². The van der Waals surface area contributed by atoms with Crippen molar-refractivity contribution < 1.29 is 0 Å². The molecule has 0 amide bonds. The smallest absolute Gasteiger partial charge is 0.156 e. The minimum absolute atomic E-state index is 0.558. The Bertz CT molecular complexity index is 456. The van der Waals surface area contributed by atoms with E-state index in [1.54, 1.807) is 0 Å². The highest BCUT2D eigenvalue weighted by Gasteiger charge is 2.30. The highest BCUT2D eigenvalue weighted by Crippen LogP contribution is 2.32. The predicted octanol–water partition coefficient (Wildman–Crippen LogP) is 2.68. The van der Waals surface area contributed by atoms with Crippen molar-refractivity contribution in [1.82, 2.24) is 10.2 Å². The van der Waals surface area contributed by atoms with E-state index in [2.05, 4.69) is 42.8 Å². The lowest BCUT2D eigenvalue weighted by molar-refractivity contribution is 0.487. The van der Waals surface area contributed by atoms with E-state index in [-0.39, 0.29) is 0 Å². The first-order valence-electron chi connectivity index (χ1n) is 7.97. The average Bonchev–Trinajstić information content (AvgIpc) is 2.94. The maximum absolute atomic E-state index is 6.05. The van der Waals surface area contributed by atoms with E-state index in [9.17, 15) is 0 Å². The SMILES string of the molecule is CCc1nnc(N2CCCC2C(C)C)c(CN)c1CC. The van der Waals surface area contributed by atoms with Crippen molar-refractivity contribution in [3.05, 3.63) is 16.8 Å². The number of anilines is 1. The highest BCUT2D eigenvalue weighted by molar-refractivity contribution is 5.53.